The first-order valence-electron chi connectivity index (χ1n) is 20.3. The Morgan fingerprint density at radius 2 is 0.907 bits per heavy atom. The number of aryl methyl sites for hydroxylation is 1. The minimum absolute atomic E-state index is 0.341. The molecule has 0 amide bonds. The fourth-order valence-corrected chi connectivity index (χ4v) is 6.34. The molecule has 4 rings (SSSR count). The lowest BCUT2D eigenvalue weighted by Crippen LogP contribution is -2.08. The van der Waals surface area contributed by atoms with E-state index in [1.54, 1.807) is 12.1 Å². The topological polar surface area (TPSA) is 76.0 Å². The number of aromatic nitrogens is 1. The van der Waals surface area contributed by atoms with E-state index >= 15 is 0 Å². The van der Waals surface area contributed by atoms with Gasteiger partial charge in [-0.3, -0.25) is 0 Å². The van der Waals surface area contributed by atoms with Crippen LogP contribution >= 0.6 is 0 Å². The van der Waals surface area contributed by atoms with Gasteiger partial charge in [0.1, 0.15) is 17.2 Å². The van der Waals surface area contributed by atoms with E-state index in [1.807, 2.05) is 48.5 Å². The quantitative estimate of drug-likeness (QED) is 0.0239. The van der Waals surface area contributed by atoms with Gasteiger partial charge in [-0.2, -0.15) is 0 Å². The second-order valence-corrected chi connectivity index (χ2v) is 14.0. The normalized spacial score (nSPS) is 10.9. The van der Waals surface area contributed by atoms with Crippen LogP contribution in [0.4, 0.5) is 0 Å². The molecule has 0 unspecified atom stereocenters. The van der Waals surface area contributed by atoms with Crippen LogP contribution in [0.1, 0.15) is 120 Å². The van der Waals surface area contributed by atoms with Gasteiger partial charge >= 0.3 is 11.9 Å². The van der Waals surface area contributed by atoms with Crippen LogP contribution in [0, 0.1) is 0 Å². The number of carbonyl (C=O) groups excluding carboxylic acids is 2. The van der Waals surface area contributed by atoms with Gasteiger partial charge in [0.05, 0.1) is 25.4 Å². The molecule has 7 heteroatoms. The van der Waals surface area contributed by atoms with Crippen molar-refractivity contribution in [3.63, 3.8) is 0 Å². The Kier molecular flexibility index (Phi) is 20.3. The highest BCUT2D eigenvalue weighted by Gasteiger charge is 2.10. The van der Waals surface area contributed by atoms with Gasteiger partial charge in [-0.05, 0) is 97.5 Å². The second kappa shape index (κ2) is 26.1. The third-order valence-corrected chi connectivity index (χ3v) is 9.56. The van der Waals surface area contributed by atoms with Gasteiger partial charge in [-0.25, -0.2) is 9.59 Å². The van der Waals surface area contributed by atoms with Crippen LogP contribution < -0.4 is 14.2 Å². The molecule has 0 N–H and O–H groups in total. The van der Waals surface area contributed by atoms with Gasteiger partial charge in [-0.1, -0.05) is 114 Å². The maximum absolute atomic E-state index is 12.8. The van der Waals surface area contributed by atoms with Crippen molar-refractivity contribution in [2.45, 2.75) is 116 Å². The highest BCUT2D eigenvalue weighted by molar-refractivity contribution is 5.91. The molecular formula is C47H61NO6. The number of benzene rings is 3. The van der Waals surface area contributed by atoms with Crippen molar-refractivity contribution in [3.8, 4) is 28.4 Å². The summed E-state index contributed by atoms with van der Waals surface area (Å²) in [5, 5.41) is 0. The van der Waals surface area contributed by atoms with Crippen molar-refractivity contribution in [1.29, 1.82) is 0 Å². The number of nitrogens with zero attached hydrogens (tertiary/aromatic N) is 1. The molecule has 290 valence electrons. The number of unbranched alkanes of at least 4 members (excludes halogenated alkanes) is 15. The first kappa shape index (κ1) is 42.0. The lowest BCUT2D eigenvalue weighted by Gasteiger charge is -2.09. The third-order valence-electron chi connectivity index (χ3n) is 9.56. The van der Waals surface area contributed by atoms with Gasteiger partial charge in [0, 0.05) is 25.0 Å². The van der Waals surface area contributed by atoms with Crippen molar-refractivity contribution in [1.82, 2.24) is 4.57 Å². The standard InChI is InChI=1S/C47H61NO6/c1-2-46(49)53-39-21-15-11-6-3-5-9-13-20-38-52-44-30-26-42(27-31-44)47(50)54-45-32-24-41(25-33-45)40-22-28-43(29-23-40)51-37-19-14-10-7-4-8-12-16-34-48-35-17-18-36-48/h2,17-18,22-33,35-36H,1,3-16,19-21,34,37-39H2. The second-order valence-electron chi connectivity index (χ2n) is 14.0. The molecule has 0 fully saturated rings. The maximum atomic E-state index is 12.8. The van der Waals surface area contributed by atoms with E-state index < -0.39 is 5.97 Å². The van der Waals surface area contributed by atoms with Crippen LogP contribution in [-0.2, 0) is 16.1 Å². The first-order valence-corrected chi connectivity index (χ1v) is 20.3. The molecular weight excluding hydrogens is 675 g/mol. The van der Waals surface area contributed by atoms with Gasteiger partial charge in [0.15, 0.2) is 0 Å². The average molecular weight is 736 g/mol. The van der Waals surface area contributed by atoms with Crippen molar-refractivity contribution >= 4 is 11.9 Å². The summed E-state index contributed by atoms with van der Waals surface area (Å²) in [6.45, 7) is 6.42. The van der Waals surface area contributed by atoms with Crippen LogP contribution in [0.5, 0.6) is 17.2 Å². The largest absolute Gasteiger partial charge is 0.494 e. The van der Waals surface area contributed by atoms with E-state index in [9.17, 15) is 9.59 Å². The molecule has 3 aromatic carbocycles. The molecule has 7 nitrogen and oxygen atoms in total. The van der Waals surface area contributed by atoms with E-state index in [1.165, 1.54) is 83.1 Å². The summed E-state index contributed by atoms with van der Waals surface area (Å²) >= 11 is 0. The Labute approximate surface area is 323 Å². The van der Waals surface area contributed by atoms with E-state index in [2.05, 4.69) is 47.8 Å². The van der Waals surface area contributed by atoms with Crippen molar-refractivity contribution in [2.75, 3.05) is 19.8 Å². The predicted octanol–water partition coefficient (Wildman–Crippen LogP) is 12.2. The SMILES string of the molecule is C=CC(=O)OCCCCCCCCCCCOc1ccc(C(=O)Oc2ccc(-c3ccc(OCCCCCCCCCCn4cccc4)cc3)cc2)cc1. The average Bonchev–Trinajstić information content (AvgIpc) is 3.73. The molecule has 54 heavy (non-hydrogen) atoms. The van der Waals surface area contributed by atoms with E-state index in [0.29, 0.717) is 24.5 Å². The lowest BCUT2D eigenvalue weighted by molar-refractivity contribution is -0.137. The number of carbonyl (C=O) groups is 2. The summed E-state index contributed by atoms with van der Waals surface area (Å²) in [7, 11) is 0. The Hall–Kier alpha value is -4.78. The van der Waals surface area contributed by atoms with Crippen molar-refractivity contribution < 1.29 is 28.5 Å². The Morgan fingerprint density at radius 3 is 1.39 bits per heavy atom. The molecule has 0 saturated heterocycles. The molecule has 0 aliphatic heterocycles. The third kappa shape index (κ3) is 17.4. The zero-order chi connectivity index (χ0) is 37.9. The highest BCUT2D eigenvalue weighted by Crippen LogP contribution is 2.26. The summed E-state index contributed by atoms with van der Waals surface area (Å²) in [5.41, 5.74) is 2.61. The molecule has 0 spiro atoms. The minimum atomic E-state index is -0.397. The Morgan fingerprint density at radius 1 is 0.500 bits per heavy atom. The van der Waals surface area contributed by atoms with Crippen LogP contribution in [-0.4, -0.2) is 36.3 Å². The highest BCUT2D eigenvalue weighted by atomic mass is 16.5. The molecule has 4 aromatic rings. The minimum Gasteiger partial charge on any atom is -0.494 e. The molecule has 0 aliphatic carbocycles. The zero-order valence-corrected chi connectivity index (χ0v) is 32.3. The summed E-state index contributed by atoms with van der Waals surface area (Å²) < 4.78 is 24.8. The van der Waals surface area contributed by atoms with E-state index in [0.717, 1.165) is 67.9 Å². The van der Waals surface area contributed by atoms with Gasteiger partial charge in [-0.15, -0.1) is 0 Å². The molecule has 0 atom stereocenters. The number of hydrogen-bond acceptors (Lipinski definition) is 6. The van der Waals surface area contributed by atoms with Crippen molar-refractivity contribution in [3.05, 3.63) is 116 Å². The maximum Gasteiger partial charge on any atom is 0.343 e. The summed E-state index contributed by atoms with van der Waals surface area (Å²) in [6, 6.07) is 27.1. The van der Waals surface area contributed by atoms with E-state index in [-0.39, 0.29) is 5.97 Å². The molecule has 0 saturated carbocycles. The number of ether oxygens (including phenoxy) is 4. The van der Waals surface area contributed by atoms with E-state index in [4.69, 9.17) is 18.9 Å². The fourth-order valence-electron chi connectivity index (χ4n) is 6.34. The predicted molar refractivity (Wildman–Crippen MR) is 218 cm³/mol. The Bertz CT molecular complexity index is 1580. The smallest absolute Gasteiger partial charge is 0.343 e. The monoisotopic (exact) mass is 735 g/mol. The van der Waals surface area contributed by atoms with Crippen LogP contribution in [0.15, 0.2) is 110 Å². The van der Waals surface area contributed by atoms with Gasteiger partial charge < -0.3 is 23.5 Å². The lowest BCUT2D eigenvalue weighted by atomic mass is 10.1. The van der Waals surface area contributed by atoms with Gasteiger partial charge in [0.25, 0.3) is 0 Å². The van der Waals surface area contributed by atoms with Crippen LogP contribution in [0.3, 0.4) is 0 Å². The van der Waals surface area contributed by atoms with Crippen LogP contribution in [0.2, 0.25) is 0 Å². The van der Waals surface area contributed by atoms with Gasteiger partial charge in [0.2, 0.25) is 0 Å². The summed E-state index contributed by atoms with van der Waals surface area (Å²) in [5.74, 6) is 1.41. The number of esters is 2. The molecule has 0 aliphatic rings. The Balaban J connectivity index is 1.01. The fraction of sp³-hybridized carbons (Fsp3) is 0.447. The van der Waals surface area contributed by atoms with Crippen molar-refractivity contribution in [2.24, 2.45) is 0 Å². The van der Waals surface area contributed by atoms with Crippen LogP contribution in [0.25, 0.3) is 11.1 Å². The zero-order valence-electron chi connectivity index (χ0n) is 32.3. The molecule has 1 aromatic heterocycles. The molecule has 1 heterocycles. The first-order chi connectivity index (χ1) is 26.6. The molecule has 0 bridgehead atoms. The summed E-state index contributed by atoms with van der Waals surface area (Å²) in [4.78, 5) is 23.8. The number of rotatable bonds is 29. The number of hydrogen-bond donors (Lipinski definition) is 0. The summed E-state index contributed by atoms with van der Waals surface area (Å²) in [6.07, 6.45) is 25.8. The molecule has 0 radical (unpaired) electrons.